The van der Waals surface area contributed by atoms with Gasteiger partial charge < -0.3 is 14.8 Å². The van der Waals surface area contributed by atoms with Crippen LogP contribution in [0.15, 0.2) is 54.6 Å². The van der Waals surface area contributed by atoms with Crippen LogP contribution in [0.2, 0.25) is 0 Å². The van der Waals surface area contributed by atoms with E-state index in [2.05, 4.69) is 5.32 Å². The average Bonchev–Trinajstić information content (AvgIpc) is 2.68. The van der Waals surface area contributed by atoms with E-state index in [0.717, 1.165) is 11.1 Å². The van der Waals surface area contributed by atoms with Crippen molar-refractivity contribution in [1.29, 1.82) is 5.26 Å². The van der Waals surface area contributed by atoms with Crippen molar-refractivity contribution in [1.82, 2.24) is 5.32 Å². The highest BCUT2D eigenvalue weighted by atomic mass is 16.5. The van der Waals surface area contributed by atoms with Gasteiger partial charge in [0, 0.05) is 6.42 Å². The summed E-state index contributed by atoms with van der Waals surface area (Å²) in [7, 11) is 1.26. The summed E-state index contributed by atoms with van der Waals surface area (Å²) in [5, 5.41) is 11.6. The molecule has 26 heavy (non-hydrogen) atoms. The zero-order valence-corrected chi connectivity index (χ0v) is 14.5. The van der Waals surface area contributed by atoms with E-state index in [9.17, 15) is 9.59 Å². The smallest absolute Gasteiger partial charge is 0.328 e. The van der Waals surface area contributed by atoms with E-state index in [1.807, 2.05) is 36.4 Å². The van der Waals surface area contributed by atoms with Crippen LogP contribution in [-0.4, -0.2) is 31.6 Å². The highest BCUT2D eigenvalue weighted by Crippen LogP contribution is 2.08. The molecule has 2 aromatic carbocycles. The van der Waals surface area contributed by atoms with Crippen molar-refractivity contribution >= 4 is 11.9 Å². The van der Waals surface area contributed by atoms with Crippen LogP contribution in [0, 0.1) is 11.3 Å². The Hall–Kier alpha value is -3.17. The maximum Gasteiger partial charge on any atom is 0.328 e. The van der Waals surface area contributed by atoms with Gasteiger partial charge in [0.25, 0.3) is 0 Å². The van der Waals surface area contributed by atoms with Crippen molar-refractivity contribution in [3.8, 4) is 6.07 Å². The topological polar surface area (TPSA) is 88.4 Å². The lowest BCUT2D eigenvalue weighted by atomic mass is 10.0. The van der Waals surface area contributed by atoms with Crippen molar-refractivity contribution in [2.24, 2.45) is 0 Å². The first-order valence-corrected chi connectivity index (χ1v) is 8.10. The first-order valence-electron chi connectivity index (χ1n) is 8.10. The van der Waals surface area contributed by atoms with Gasteiger partial charge in [0.1, 0.15) is 12.6 Å². The zero-order chi connectivity index (χ0) is 18.8. The van der Waals surface area contributed by atoms with Crippen LogP contribution in [0.4, 0.5) is 0 Å². The Balaban J connectivity index is 1.91. The van der Waals surface area contributed by atoms with Gasteiger partial charge >= 0.3 is 5.97 Å². The largest absolute Gasteiger partial charge is 0.467 e. The number of amides is 1. The van der Waals surface area contributed by atoms with Gasteiger partial charge in [0.05, 0.1) is 25.3 Å². The third-order valence-electron chi connectivity index (χ3n) is 3.66. The molecule has 0 spiro atoms. The number of nitrogens with one attached hydrogen (secondary N) is 1. The molecular weight excluding hydrogens is 332 g/mol. The van der Waals surface area contributed by atoms with E-state index in [1.54, 1.807) is 24.3 Å². The van der Waals surface area contributed by atoms with Crippen molar-refractivity contribution in [3.05, 3.63) is 71.3 Å². The van der Waals surface area contributed by atoms with Gasteiger partial charge in [-0.25, -0.2) is 4.79 Å². The molecule has 0 aliphatic rings. The number of esters is 1. The third kappa shape index (κ3) is 6.04. The molecule has 134 valence electrons. The molecule has 0 heterocycles. The number of hydrogen-bond donors (Lipinski definition) is 1. The molecule has 0 aromatic heterocycles. The number of rotatable bonds is 8. The molecule has 0 fully saturated rings. The fourth-order valence-corrected chi connectivity index (χ4v) is 2.41. The predicted molar refractivity (Wildman–Crippen MR) is 94.9 cm³/mol. The lowest BCUT2D eigenvalue weighted by Gasteiger charge is -2.17. The Bertz CT molecular complexity index is 784. The van der Waals surface area contributed by atoms with Crippen LogP contribution in [0.25, 0.3) is 0 Å². The molecule has 1 N–H and O–H groups in total. The summed E-state index contributed by atoms with van der Waals surface area (Å²) in [6.45, 7) is 0.141. The SMILES string of the molecule is COC(=O)[C@@H](Cc1cccc(C#N)c1)NC(=O)COCc1ccccc1. The number of carbonyl (C=O) groups excluding carboxylic acids is 2. The molecule has 0 bridgehead atoms. The second kappa shape index (κ2) is 9.97. The number of methoxy groups -OCH3 is 1. The van der Waals surface area contributed by atoms with Crippen LogP contribution in [0.3, 0.4) is 0 Å². The first kappa shape index (κ1) is 19.2. The van der Waals surface area contributed by atoms with Crippen molar-refractivity contribution in [3.63, 3.8) is 0 Å². The van der Waals surface area contributed by atoms with Crippen molar-refractivity contribution in [2.45, 2.75) is 19.1 Å². The van der Waals surface area contributed by atoms with Gasteiger partial charge in [-0.15, -0.1) is 0 Å². The number of nitriles is 1. The molecular formula is C20H20N2O4. The molecule has 1 atom stereocenters. The molecule has 2 aromatic rings. The van der Waals surface area contributed by atoms with E-state index >= 15 is 0 Å². The number of carbonyl (C=O) groups is 2. The molecule has 0 saturated heterocycles. The normalized spacial score (nSPS) is 11.2. The number of nitrogens with zero attached hydrogens (tertiary/aromatic N) is 1. The minimum atomic E-state index is -0.846. The van der Waals surface area contributed by atoms with Gasteiger partial charge in [0.15, 0.2) is 0 Å². The summed E-state index contributed by atoms with van der Waals surface area (Å²) in [5.74, 6) is -0.962. The summed E-state index contributed by atoms with van der Waals surface area (Å²) in [6.07, 6.45) is 0.229. The molecule has 0 aliphatic heterocycles. The van der Waals surface area contributed by atoms with Crippen LogP contribution >= 0.6 is 0 Å². The standard InChI is InChI=1S/C20H20N2O4/c1-25-20(24)18(11-16-8-5-9-17(10-16)12-21)22-19(23)14-26-13-15-6-3-2-4-7-15/h2-10,18H,11,13-14H2,1H3,(H,22,23)/t18-/m1/s1. The van der Waals surface area contributed by atoms with E-state index in [4.69, 9.17) is 14.7 Å². The van der Waals surface area contributed by atoms with Gasteiger partial charge in [-0.3, -0.25) is 4.79 Å². The Kier molecular flexibility index (Phi) is 7.34. The summed E-state index contributed by atoms with van der Waals surface area (Å²) >= 11 is 0. The van der Waals surface area contributed by atoms with E-state index in [0.29, 0.717) is 12.2 Å². The maximum atomic E-state index is 12.1. The number of benzene rings is 2. The highest BCUT2D eigenvalue weighted by molar-refractivity contribution is 5.85. The van der Waals surface area contributed by atoms with Crippen LogP contribution in [0.5, 0.6) is 0 Å². The summed E-state index contributed by atoms with van der Waals surface area (Å²) in [6, 6.07) is 17.5. The molecule has 0 unspecified atom stereocenters. The lowest BCUT2D eigenvalue weighted by molar-refractivity contribution is -0.145. The van der Waals surface area contributed by atoms with Crippen LogP contribution < -0.4 is 5.32 Å². The Morgan fingerprint density at radius 3 is 2.54 bits per heavy atom. The van der Waals surface area contributed by atoms with Crippen molar-refractivity contribution < 1.29 is 19.1 Å². The summed E-state index contributed by atoms with van der Waals surface area (Å²) in [4.78, 5) is 24.0. The van der Waals surface area contributed by atoms with Gasteiger partial charge in [-0.05, 0) is 23.3 Å². The monoisotopic (exact) mass is 352 g/mol. The molecule has 1 amide bonds. The van der Waals surface area contributed by atoms with Crippen LogP contribution in [-0.2, 0) is 32.1 Å². The quantitative estimate of drug-likeness (QED) is 0.734. The minimum absolute atomic E-state index is 0.166. The molecule has 0 saturated carbocycles. The summed E-state index contributed by atoms with van der Waals surface area (Å²) < 4.78 is 10.1. The summed E-state index contributed by atoms with van der Waals surface area (Å²) in [5.41, 5.74) is 2.20. The average molecular weight is 352 g/mol. The maximum absolute atomic E-state index is 12.1. The van der Waals surface area contributed by atoms with E-state index in [-0.39, 0.29) is 13.0 Å². The highest BCUT2D eigenvalue weighted by Gasteiger charge is 2.22. The lowest BCUT2D eigenvalue weighted by Crippen LogP contribution is -2.44. The number of ether oxygens (including phenoxy) is 2. The van der Waals surface area contributed by atoms with E-state index < -0.39 is 17.9 Å². The second-order valence-electron chi connectivity index (χ2n) is 5.64. The fourth-order valence-electron chi connectivity index (χ4n) is 2.41. The Morgan fingerprint density at radius 2 is 1.85 bits per heavy atom. The molecule has 0 aliphatic carbocycles. The third-order valence-corrected chi connectivity index (χ3v) is 3.66. The predicted octanol–water partition coefficient (Wildman–Crippen LogP) is 1.98. The fraction of sp³-hybridized carbons (Fsp3) is 0.250. The van der Waals surface area contributed by atoms with E-state index in [1.165, 1.54) is 7.11 Å². The second-order valence-corrected chi connectivity index (χ2v) is 5.64. The first-order chi connectivity index (χ1) is 12.6. The van der Waals surface area contributed by atoms with Gasteiger partial charge in [0.2, 0.25) is 5.91 Å². The molecule has 6 heteroatoms. The van der Waals surface area contributed by atoms with Gasteiger partial charge in [-0.1, -0.05) is 42.5 Å². The van der Waals surface area contributed by atoms with Gasteiger partial charge in [-0.2, -0.15) is 5.26 Å². The minimum Gasteiger partial charge on any atom is -0.467 e. The molecule has 2 rings (SSSR count). The van der Waals surface area contributed by atoms with Crippen LogP contribution in [0.1, 0.15) is 16.7 Å². The molecule has 0 radical (unpaired) electrons. The zero-order valence-electron chi connectivity index (χ0n) is 14.5. The number of hydrogen-bond acceptors (Lipinski definition) is 5. The Morgan fingerprint density at radius 1 is 1.12 bits per heavy atom. The van der Waals surface area contributed by atoms with Crippen molar-refractivity contribution in [2.75, 3.05) is 13.7 Å². The Labute approximate surface area is 152 Å². The molecule has 6 nitrogen and oxygen atoms in total.